The molecule has 5 rings (SSSR count). The molecule has 0 amide bonds. The zero-order valence-corrected chi connectivity index (χ0v) is 19.4. The molecule has 2 aliphatic rings. The van der Waals surface area contributed by atoms with Gasteiger partial charge in [-0.1, -0.05) is 48.5 Å². The first-order chi connectivity index (χ1) is 16.1. The number of nitrogens with zero attached hydrogens (tertiary/aromatic N) is 4. The summed E-state index contributed by atoms with van der Waals surface area (Å²) >= 11 is 0. The minimum Gasteiger partial charge on any atom is -0.493 e. The van der Waals surface area contributed by atoms with E-state index in [0.29, 0.717) is 18.6 Å². The maximum atomic E-state index is 5.85. The maximum absolute atomic E-state index is 5.85. The summed E-state index contributed by atoms with van der Waals surface area (Å²) < 4.78 is 7.84. The maximum Gasteiger partial charge on any atom is 0.192 e. The van der Waals surface area contributed by atoms with Crippen molar-refractivity contribution in [2.75, 3.05) is 13.2 Å². The molecular formula is C26H32N6O. The number of guanidine groups is 1. The number of fused-ring (bicyclic) bond motifs is 1. The number of nitrogens with one attached hydrogen (secondary N) is 2. The molecule has 1 saturated carbocycles. The average Bonchev–Trinajstić information content (AvgIpc) is 3.54. The van der Waals surface area contributed by atoms with E-state index in [1.54, 1.807) is 0 Å². The fourth-order valence-electron chi connectivity index (χ4n) is 4.44. The molecule has 0 radical (unpaired) electrons. The predicted molar refractivity (Wildman–Crippen MR) is 129 cm³/mol. The minimum absolute atomic E-state index is 0.159. The Kier molecular flexibility index (Phi) is 6.03. The summed E-state index contributed by atoms with van der Waals surface area (Å²) in [6.45, 7) is 4.03. The van der Waals surface area contributed by atoms with Crippen molar-refractivity contribution in [1.82, 2.24) is 25.4 Å². The van der Waals surface area contributed by atoms with Crippen molar-refractivity contribution in [3.8, 4) is 5.75 Å². The number of hydrogen-bond acceptors (Lipinski definition) is 4. The number of aryl methyl sites for hydroxylation is 1. The second-order valence-electron chi connectivity index (χ2n) is 9.28. The first-order valence-corrected chi connectivity index (χ1v) is 11.8. The molecule has 0 saturated heterocycles. The van der Waals surface area contributed by atoms with Crippen molar-refractivity contribution < 1.29 is 4.74 Å². The van der Waals surface area contributed by atoms with Crippen molar-refractivity contribution in [2.24, 2.45) is 17.5 Å². The summed E-state index contributed by atoms with van der Waals surface area (Å²) in [6.07, 6.45) is 4.47. The van der Waals surface area contributed by atoms with E-state index in [9.17, 15) is 0 Å². The van der Waals surface area contributed by atoms with Crippen LogP contribution in [0.2, 0.25) is 0 Å². The Balaban J connectivity index is 1.32. The topological polar surface area (TPSA) is 76.4 Å². The number of hydrogen-bond donors (Lipinski definition) is 2. The third-order valence-corrected chi connectivity index (χ3v) is 6.84. The molecule has 3 aromatic rings. The molecule has 0 spiro atoms. The van der Waals surface area contributed by atoms with Gasteiger partial charge in [0.05, 0.1) is 12.6 Å². The van der Waals surface area contributed by atoms with Crippen LogP contribution in [0.3, 0.4) is 0 Å². The molecule has 2 aromatic carbocycles. The molecule has 1 aromatic heterocycles. The van der Waals surface area contributed by atoms with Crippen LogP contribution in [0.25, 0.3) is 0 Å². The number of ether oxygens (including phenoxy) is 1. The van der Waals surface area contributed by atoms with Gasteiger partial charge in [0.25, 0.3) is 0 Å². The van der Waals surface area contributed by atoms with Gasteiger partial charge in [-0.2, -0.15) is 0 Å². The van der Waals surface area contributed by atoms with E-state index < -0.39 is 0 Å². The van der Waals surface area contributed by atoms with Crippen LogP contribution in [-0.4, -0.2) is 33.9 Å². The van der Waals surface area contributed by atoms with E-state index in [-0.39, 0.29) is 6.04 Å². The molecule has 7 nitrogen and oxygen atoms in total. The van der Waals surface area contributed by atoms with Crippen molar-refractivity contribution in [2.45, 2.75) is 45.2 Å². The predicted octanol–water partition coefficient (Wildman–Crippen LogP) is 3.71. The van der Waals surface area contributed by atoms with Crippen LogP contribution in [0.5, 0.6) is 5.75 Å². The lowest BCUT2D eigenvalue weighted by Crippen LogP contribution is -2.43. The Morgan fingerprint density at radius 1 is 1.12 bits per heavy atom. The summed E-state index contributed by atoms with van der Waals surface area (Å²) in [7, 11) is 1.98. The number of aromatic nitrogens is 3. The monoisotopic (exact) mass is 444 g/mol. The summed E-state index contributed by atoms with van der Waals surface area (Å²) in [4.78, 5) is 4.90. The lowest BCUT2D eigenvalue weighted by atomic mass is 9.96. The molecule has 172 valence electrons. The minimum atomic E-state index is 0.159. The van der Waals surface area contributed by atoms with Crippen LogP contribution >= 0.6 is 0 Å². The Hall–Kier alpha value is -3.35. The third-order valence-electron chi connectivity index (χ3n) is 6.84. The zero-order valence-electron chi connectivity index (χ0n) is 19.4. The molecular weight excluding hydrogens is 412 g/mol. The van der Waals surface area contributed by atoms with E-state index in [0.717, 1.165) is 42.7 Å². The number of para-hydroxylation sites is 1. The molecule has 33 heavy (non-hydrogen) atoms. The standard InChI is InChI=1S/C26H32N6O/c1-19-30-31-24(32(19)2)17-27-25(29-22-12-15-33-23-11-7-6-10-21(22)23)28-18-26(13-14-26)16-20-8-4-3-5-9-20/h3-11,22H,12-18H2,1-2H3,(H2,27,28,29). The van der Waals surface area contributed by atoms with Crippen molar-refractivity contribution >= 4 is 5.96 Å². The first kappa shape index (κ1) is 21.5. The lowest BCUT2D eigenvalue weighted by Gasteiger charge is -2.28. The van der Waals surface area contributed by atoms with Crippen LogP contribution in [0.1, 0.15) is 48.1 Å². The quantitative estimate of drug-likeness (QED) is 0.429. The Morgan fingerprint density at radius 3 is 2.67 bits per heavy atom. The van der Waals surface area contributed by atoms with E-state index in [1.807, 2.05) is 30.7 Å². The third kappa shape index (κ3) is 5.02. The van der Waals surface area contributed by atoms with Gasteiger partial charge in [0.1, 0.15) is 18.1 Å². The van der Waals surface area contributed by atoms with Crippen LogP contribution in [-0.2, 0) is 20.0 Å². The Bertz CT molecular complexity index is 1120. The highest BCUT2D eigenvalue weighted by atomic mass is 16.5. The van der Waals surface area contributed by atoms with Gasteiger partial charge in [0.15, 0.2) is 11.8 Å². The molecule has 1 atom stereocenters. The van der Waals surface area contributed by atoms with Crippen LogP contribution in [0.4, 0.5) is 0 Å². The Labute approximate surface area is 195 Å². The number of aliphatic imine (C=N–C) groups is 1. The molecule has 1 aliphatic carbocycles. The summed E-state index contributed by atoms with van der Waals surface area (Å²) in [6, 6.07) is 19.2. The molecule has 2 N–H and O–H groups in total. The van der Waals surface area contributed by atoms with Crippen LogP contribution in [0.15, 0.2) is 59.6 Å². The largest absolute Gasteiger partial charge is 0.493 e. The van der Waals surface area contributed by atoms with Gasteiger partial charge in [-0.05, 0) is 43.2 Å². The SMILES string of the molecule is Cc1nnc(CN=C(NCC2(Cc3ccccc3)CC2)NC2CCOc3ccccc32)n1C. The molecule has 1 fully saturated rings. The fourth-order valence-corrected chi connectivity index (χ4v) is 4.44. The van der Waals surface area contributed by atoms with Gasteiger partial charge < -0.3 is 19.9 Å². The molecule has 1 aliphatic heterocycles. The second-order valence-corrected chi connectivity index (χ2v) is 9.28. The lowest BCUT2D eigenvalue weighted by molar-refractivity contribution is 0.261. The molecule has 2 heterocycles. The highest BCUT2D eigenvalue weighted by molar-refractivity contribution is 5.80. The second kappa shape index (κ2) is 9.25. The average molecular weight is 445 g/mol. The van der Waals surface area contributed by atoms with Crippen molar-refractivity contribution in [1.29, 1.82) is 0 Å². The smallest absolute Gasteiger partial charge is 0.192 e. The highest BCUT2D eigenvalue weighted by Crippen LogP contribution is 2.47. The van der Waals surface area contributed by atoms with Crippen molar-refractivity contribution in [3.05, 3.63) is 77.4 Å². The van der Waals surface area contributed by atoms with Gasteiger partial charge in [0, 0.05) is 25.6 Å². The Morgan fingerprint density at radius 2 is 1.91 bits per heavy atom. The normalized spacial score (nSPS) is 18.8. The van der Waals surface area contributed by atoms with Gasteiger partial charge in [-0.15, -0.1) is 10.2 Å². The van der Waals surface area contributed by atoms with E-state index >= 15 is 0 Å². The van der Waals surface area contributed by atoms with E-state index in [4.69, 9.17) is 9.73 Å². The molecule has 7 heteroatoms. The number of rotatable bonds is 7. The van der Waals surface area contributed by atoms with E-state index in [1.165, 1.54) is 24.0 Å². The fraction of sp³-hybridized carbons (Fsp3) is 0.423. The highest BCUT2D eigenvalue weighted by Gasteiger charge is 2.42. The summed E-state index contributed by atoms with van der Waals surface area (Å²) in [5.74, 6) is 3.51. The van der Waals surface area contributed by atoms with Gasteiger partial charge in [0.2, 0.25) is 0 Å². The molecule has 1 unspecified atom stereocenters. The summed E-state index contributed by atoms with van der Waals surface area (Å²) in [5, 5.41) is 15.8. The van der Waals surface area contributed by atoms with Gasteiger partial charge in [-0.3, -0.25) is 0 Å². The zero-order chi connectivity index (χ0) is 22.7. The van der Waals surface area contributed by atoms with Gasteiger partial charge >= 0.3 is 0 Å². The van der Waals surface area contributed by atoms with E-state index in [2.05, 4.69) is 63.3 Å². The van der Waals surface area contributed by atoms with Crippen LogP contribution in [0, 0.1) is 12.3 Å². The first-order valence-electron chi connectivity index (χ1n) is 11.8. The van der Waals surface area contributed by atoms with Crippen LogP contribution < -0.4 is 15.4 Å². The number of benzene rings is 2. The van der Waals surface area contributed by atoms with Gasteiger partial charge in [-0.25, -0.2) is 4.99 Å². The van der Waals surface area contributed by atoms with Crippen molar-refractivity contribution in [3.63, 3.8) is 0 Å². The summed E-state index contributed by atoms with van der Waals surface area (Å²) in [5.41, 5.74) is 2.88. The molecule has 0 bridgehead atoms.